The first kappa shape index (κ1) is 12.9. The van der Waals surface area contributed by atoms with Crippen molar-refractivity contribution in [3.63, 3.8) is 0 Å². The second-order valence-corrected chi connectivity index (χ2v) is 5.71. The maximum absolute atomic E-state index is 5.65. The van der Waals surface area contributed by atoms with Gasteiger partial charge in [-0.3, -0.25) is 0 Å². The van der Waals surface area contributed by atoms with Gasteiger partial charge in [-0.15, -0.1) is 0 Å². The Morgan fingerprint density at radius 3 is 3.26 bits per heavy atom. The Hall–Kier alpha value is -1.06. The summed E-state index contributed by atoms with van der Waals surface area (Å²) in [6.45, 7) is 5.49. The fourth-order valence-corrected chi connectivity index (χ4v) is 3.00. The van der Waals surface area contributed by atoms with Crippen LogP contribution in [-0.4, -0.2) is 32.8 Å². The third kappa shape index (κ3) is 3.48. The molecule has 2 aliphatic heterocycles. The van der Waals surface area contributed by atoms with Crippen LogP contribution < -0.4 is 15.4 Å². The number of hydrogen-bond donors (Lipinski definition) is 2. The molecule has 1 fully saturated rings. The number of aryl methyl sites for hydroxylation is 1. The summed E-state index contributed by atoms with van der Waals surface area (Å²) < 4.78 is 5.65. The summed E-state index contributed by atoms with van der Waals surface area (Å²) in [5, 5.41) is 7.00. The Bertz CT molecular complexity index is 413. The molecule has 104 valence electrons. The Kier molecular flexibility index (Phi) is 4.36. The van der Waals surface area contributed by atoms with Gasteiger partial charge in [0.1, 0.15) is 5.75 Å². The fraction of sp³-hybridized carbons (Fsp3) is 0.625. The van der Waals surface area contributed by atoms with Crippen LogP contribution >= 0.6 is 0 Å². The van der Waals surface area contributed by atoms with E-state index in [-0.39, 0.29) is 0 Å². The van der Waals surface area contributed by atoms with Crippen molar-refractivity contribution in [1.82, 2.24) is 10.6 Å². The van der Waals surface area contributed by atoms with Gasteiger partial charge in [0, 0.05) is 0 Å². The van der Waals surface area contributed by atoms with E-state index >= 15 is 0 Å². The van der Waals surface area contributed by atoms with E-state index in [0.717, 1.165) is 44.2 Å². The average Bonchev–Trinajstić information content (AvgIpc) is 2.97. The number of hydrogen-bond acceptors (Lipinski definition) is 3. The van der Waals surface area contributed by atoms with E-state index in [4.69, 9.17) is 4.74 Å². The molecule has 2 heterocycles. The highest BCUT2D eigenvalue weighted by atomic mass is 16.5. The minimum Gasteiger partial charge on any atom is -0.493 e. The Morgan fingerprint density at radius 2 is 2.37 bits per heavy atom. The fourth-order valence-electron chi connectivity index (χ4n) is 3.00. The van der Waals surface area contributed by atoms with Crippen LogP contribution in [0.3, 0.4) is 0 Å². The first-order chi connectivity index (χ1) is 9.42. The molecule has 1 unspecified atom stereocenters. The van der Waals surface area contributed by atoms with Gasteiger partial charge in [-0.1, -0.05) is 12.1 Å². The van der Waals surface area contributed by atoms with Crippen molar-refractivity contribution >= 4 is 0 Å². The average molecular weight is 260 g/mol. The van der Waals surface area contributed by atoms with E-state index in [1.54, 1.807) is 0 Å². The summed E-state index contributed by atoms with van der Waals surface area (Å²) in [6.07, 6.45) is 4.77. The van der Waals surface area contributed by atoms with Crippen LogP contribution in [0.1, 0.15) is 24.0 Å². The highest BCUT2D eigenvalue weighted by Crippen LogP contribution is 2.25. The smallest absolute Gasteiger partial charge is 0.122 e. The molecule has 1 atom stereocenters. The van der Waals surface area contributed by atoms with Gasteiger partial charge in [0.15, 0.2) is 0 Å². The number of nitrogens with one attached hydrogen (secondary N) is 2. The van der Waals surface area contributed by atoms with Crippen LogP contribution in [0.4, 0.5) is 0 Å². The molecule has 0 amide bonds. The van der Waals surface area contributed by atoms with Crippen LogP contribution in [0.25, 0.3) is 0 Å². The minimum atomic E-state index is 0.830. The normalized spacial score (nSPS) is 22.0. The predicted molar refractivity (Wildman–Crippen MR) is 77.8 cm³/mol. The standard InChI is InChI=1S/C16H24N2O/c1-2-15-10-13(3-4-16(15)19-9-1)5-7-17-11-14-6-8-18-12-14/h3-4,10,14,17-18H,1-2,5-9,11-12H2. The zero-order valence-electron chi connectivity index (χ0n) is 11.6. The third-order valence-corrected chi connectivity index (χ3v) is 4.16. The van der Waals surface area contributed by atoms with E-state index in [9.17, 15) is 0 Å². The molecular formula is C16H24N2O. The summed E-state index contributed by atoms with van der Waals surface area (Å²) in [5.41, 5.74) is 2.82. The van der Waals surface area contributed by atoms with Crippen LogP contribution in [-0.2, 0) is 12.8 Å². The van der Waals surface area contributed by atoms with Gasteiger partial charge in [-0.05, 0) is 75.0 Å². The zero-order chi connectivity index (χ0) is 12.9. The van der Waals surface area contributed by atoms with Crippen molar-refractivity contribution in [2.24, 2.45) is 5.92 Å². The van der Waals surface area contributed by atoms with Crippen molar-refractivity contribution in [2.45, 2.75) is 25.7 Å². The van der Waals surface area contributed by atoms with Gasteiger partial charge in [0.05, 0.1) is 6.61 Å². The van der Waals surface area contributed by atoms with Crippen LogP contribution in [0.2, 0.25) is 0 Å². The van der Waals surface area contributed by atoms with Crippen molar-refractivity contribution in [3.05, 3.63) is 29.3 Å². The number of fused-ring (bicyclic) bond motifs is 1. The van der Waals surface area contributed by atoms with Crippen molar-refractivity contribution in [2.75, 3.05) is 32.8 Å². The molecule has 3 heteroatoms. The summed E-state index contributed by atoms with van der Waals surface area (Å²) in [6, 6.07) is 6.68. The Morgan fingerprint density at radius 1 is 1.37 bits per heavy atom. The number of ether oxygens (including phenoxy) is 1. The third-order valence-electron chi connectivity index (χ3n) is 4.16. The Labute approximate surface area is 115 Å². The number of rotatable bonds is 5. The van der Waals surface area contributed by atoms with E-state index in [1.165, 1.54) is 37.1 Å². The van der Waals surface area contributed by atoms with Crippen LogP contribution in [0, 0.1) is 5.92 Å². The molecular weight excluding hydrogens is 236 g/mol. The summed E-state index contributed by atoms with van der Waals surface area (Å²) in [4.78, 5) is 0. The molecule has 1 aromatic carbocycles. The lowest BCUT2D eigenvalue weighted by molar-refractivity contribution is 0.288. The SMILES string of the molecule is c1cc2c(cc1CCNCC1CCNC1)CCCO2. The summed E-state index contributed by atoms with van der Waals surface area (Å²) in [5.74, 6) is 1.93. The second-order valence-electron chi connectivity index (χ2n) is 5.71. The zero-order valence-corrected chi connectivity index (χ0v) is 11.6. The van der Waals surface area contributed by atoms with Crippen molar-refractivity contribution < 1.29 is 4.74 Å². The molecule has 2 N–H and O–H groups in total. The minimum absolute atomic E-state index is 0.830. The first-order valence-corrected chi connectivity index (χ1v) is 7.58. The van der Waals surface area contributed by atoms with Gasteiger partial charge in [0.2, 0.25) is 0 Å². The van der Waals surface area contributed by atoms with Crippen molar-refractivity contribution in [1.29, 1.82) is 0 Å². The summed E-state index contributed by atoms with van der Waals surface area (Å²) >= 11 is 0. The van der Waals surface area contributed by atoms with E-state index in [0.29, 0.717) is 0 Å². The molecule has 0 aromatic heterocycles. The maximum atomic E-state index is 5.65. The van der Waals surface area contributed by atoms with Gasteiger partial charge in [-0.25, -0.2) is 0 Å². The second kappa shape index (κ2) is 6.40. The molecule has 19 heavy (non-hydrogen) atoms. The quantitative estimate of drug-likeness (QED) is 0.791. The highest BCUT2D eigenvalue weighted by molar-refractivity contribution is 5.38. The van der Waals surface area contributed by atoms with Gasteiger partial charge >= 0.3 is 0 Å². The van der Waals surface area contributed by atoms with E-state index < -0.39 is 0 Å². The van der Waals surface area contributed by atoms with E-state index in [1.807, 2.05) is 0 Å². The van der Waals surface area contributed by atoms with Crippen LogP contribution in [0.15, 0.2) is 18.2 Å². The lowest BCUT2D eigenvalue weighted by Crippen LogP contribution is -2.26. The number of benzene rings is 1. The molecule has 0 radical (unpaired) electrons. The Balaban J connectivity index is 1.44. The molecule has 0 saturated carbocycles. The van der Waals surface area contributed by atoms with Crippen LogP contribution in [0.5, 0.6) is 5.75 Å². The lowest BCUT2D eigenvalue weighted by atomic mass is 10.0. The van der Waals surface area contributed by atoms with Crippen molar-refractivity contribution in [3.8, 4) is 5.75 Å². The van der Waals surface area contributed by atoms with Gasteiger partial charge < -0.3 is 15.4 Å². The summed E-state index contributed by atoms with van der Waals surface area (Å²) in [7, 11) is 0. The molecule has 3 rings (SSSR count). The molecule has 0 aliphatic carbocycles. The molecule has 0 spiro atoms. The van der Waals surface area contributed by atoms with Gasteiger partial charge in [0.25, 0.3) is 0 Å². The molecule has 2 aliphatic rings. The molecule has 1 saturated heterocycles. The molecule has 3 nitrogen and oxygen atoms in total. The topological polar surface area (TPSA) is 33.3 Å². The molecule has 0 bridgehead atoms. The van der Waals surface area contributed by atoms with Gasteiger partial charge in [-0.2, -0.15) is 0 Å². The van der Waals surface area contributed by atoms with E-state index in [2.05, 4.69) is 28.8 Å². The maximum Gasteiger partial charge on any atom is 0.122 e. The monoisotopic (exact) mass is 260 g/mol. The predicted octanol–water partition coefficient (Wildman–Crippen LogP) is 1.75. The lowest BCUT2D eigenvalue weighted by Gasteiger charge is -2.18. The molecule has 1 aromatic rings. The first-order valence-electron chi connectivity index (χ1n) is 7.58. The largest absolute Gasteiger partial charge is 0.493 e. The highest BCUT2D eigenvalue weighted by Gasteiger charge is 2.13.